The van der Waals surface area contributed by atoms with Gasteiger partial charge in [-0.2, -0.15) is 0 Å². The molecular formula is C12H22O4S2. The van der Waals surface area contributed by atoms with Crippen molar-refractivity contribution in [2.45, 2.75) is 52.4 Å². The summed E-state index contributed by atoms with van der Waals surface area (Å²) in [5.41, 5.74) is 0. The third-order valence-corrected chi connectivity index (χ3v) is 3.77. The van der Waals surface area contributed by atoms with Crippen molar-refractivity contribution in [3.8, 4) is 0 Å². The second kappa shape index (κ2) is 13.1. The van der Waals surface area contributed by atoms with Crippen LogP contribution in [0.4, 0.5) is 9.59 Å². The number of unbranched alkanes of at least 4 members (excludes halogenated alkanes) is 4. The molecule has 0 aliphatic rings. The van der Waals surface area contributed by atoms with Crippen LogP contribution in [0.5, 0.6) is 0 Å². The van der Waals surface area contributed by atoms with Crippen molar-refractivity contribution in [1.29, 1.82) is 0 Å². The summed E-state index contributed by atoms with van der Waals surface area (Å²) >= 11 is 0. The standard InChI is InChI=1S/C12H22O4S2/c1-3-5-7-9-15-11(13)17-18-12(14)16-10-8-6-4-2/h3-10H2,1-2H3. The van der Waals surface area contributed by atoms with Gasteiger partial charge in [-0.15, -0.1) is 0 Å². The number of carbonyl (C=O) groups excluding carboxylic acids is 2. The Morgan fingerprint density at radius 2 is 1.17 bits per heavy atom. The smallest absolute Gasteiger partial charge is 0.378 e. The molecule has 0 amide bonds. The molecular weight excluding hydrogens is 272 g/mol. The van der Waals surface area contributed by atoms with Crippen LogP contribution >= 0.6 is 21.6 Å². The van der Waals surface area contributed by atoms with Crippen LogP contribution in [0.2, 0.25) is 0 Å². The van der Waals surface area contributed by atoms with Crippen molar-refractivity contribution in [2.24, 2.45) is 0 Å². The van der Waals surface area contributed by atoms with Crippen LogP contribution in [0.1, 0.15) is 52.4 Å². The fraction of sp³-hybridized carbons (Fsp3) is 0.833. The van der Waals surface area contributed by atoms with Gasteiger partial charge in [-0.25, -0.2) is 9.59 Å². The van der Waals surface area contributed by atoms with E-state index < -0.39 is 10.6 Å². The number of carbonyl (C=O) groups is 2. The minimum atomic E-state index is -0.429. The molecule has 0 heterocycles. The minimum absolute atomic E-state index is 0.422. The van der Waals surface area contributed by atoms with E-state index in [1.165, 1.54) is 0 Å². The predicted octanol–water partition coefficient (Wildman–Crippen LogP) is 5.02. The van der Waals surface area contributed by atoms with E-state index in [9.17, 15) is 9.59 Å². The van der Waals surface area contributed by atoms with Crippen molar-refractivity contribution >= 4 is 32.2 Å². The van der Waals surface area contributed by atoms with E-state index in [1.54, 1.807) is 0 Å². The normalized spacial score (nSPS) is 10.1. The van der Waals surface area contributed by atoms with Crippen molar-refractivity contribution in [3.63, 3.8) is 0 Å². The van der Waals surface area contributed by atoms with Crippen LogP contribution in [0.25, 0.3) is 0 Å². The van der Waals surface area contributed by atoms with E-state index in [0.29, 0.717) is 13.2 Å². The summed E-state index contributed by atoms with van der Waals surface area (Å²) in [5.74, 6) is 0. The fourth-order valence-corrected chi connectivity index (χ4v) is 2.23. The van der Waals surface area contributed by atoms with Gasteiger partial charge < -0.3 is 9.47 Å². The number of ether oxygens (including phenoxy) is 2. The first-order valence-electron chi connectivity index (χ1n) is 6.38. The SMILES string of the molecule is CCCCCOC(=O)SSC(=O)OCCCCC. The second-order valence-corrected chi connectivity index (χ2v) is 5.78. The van der Waals surface area contributed by atoms with Crippen molar-refractivity contribution in [1.82, 2.24) is 0 Å². The van der Waals surface area contributed by atoms with Crippen molar-refractivity contribution < 1.29 is 19.1 Å². The molecule has 6 heteroatoms. The molecule has 18 heavy (non-hydrogen) atoms. The third kappa shape index (κ3) is 12.1. The van der Waals surface area contributed by atoms with E-state index in [4.69, 9.17) is 9.47 Å². The molecule has 0 saturated carbocycles. The molecule has 0 aromatic carbocycles. The van der Waals surface area contributed by atoms with Gasteiger partial charge in [0.25, 0.3) is 0 Å². The van der Waals surface area contributed by atoms with Gasteiger partial charge in [0, 0.05) is 21.6 Å². The highest BCUT2D eigenvalue weighted by atomic mass is 33.1. The largest absolute Gasteiger partial charge is 0.457 e. The molecule has 0 atom stereocenters. The number of rotatable bonds is 8. The van der Waals surface area contributed by atoms with Crippen LogP contribution in [-0.2, 0) is 9.47 Å². The third-order valence-electron chi connectivity index (χ3n) is 2.11. The molecule has 0 aliphatic carbocycles. The lowest BCUT2D eigenvalue weighted by Crippen LogP contribution is -2.01. The molecule has 0 N–H and O–H groups in total. The molecule has 0 rings (SSSR count). The highest BCUT2D eigenvalue weighted by molar-refractivity contribution is 8.86. The first-order chi connectivity index (χ1) is 8.70. The van der Waals surface area contributed by atoms with Gasteiger partial charge >= 0.3 is 10.6 Å². The van der Waals surface area contributed by atoms with E-state index in [2.05, 4.69) is 13.8 Å². The molecule has 106 valence electrons. The Morgan fingerprint density at radius 1 is 0.778 bits per heavy atom. The maximum atomic E-state index is 11.2. The Bertz CT molecular complexity index is 210. The van der Waals surface area contributed by atoms with Gasteiger partial charge in [0.2, 0.25) is 0 Å². The molecule has 0 aliphatic heterocycles. The fourth-order valence-electron chi connectivity index (χ4n) is 1.13. The molecule has 0 aromatic rings. The van der Waals surface area contributed by atoms with Crippen LogP contribution < -0.4 is 0 Å². The van der Waals surface area contributed by atoms with Gasteiger partial charge in [-0.3, -0.25) is 0 Å². The van der Waals surface area contributed by atoms with Crippen LogP contribution in [-0.4, -0.2) is 23.8 Å². The summed E-state index contributed by atoms with van der Waals surface area (Å²) in [5, 5.41) is -0.858. The van der Waals surface area contributed by atoms with Crippen molar-refractivity contribution in [2.75, 3.05) is 13.2 Å². The van der Waals surface area contributed by atoms with Crippen molar-refractivity contribution in [3.05, 3.63) is 0 Å². The number of hydrogen-bond acceptors (Lipinski definition) is 6. The first kappa shape index (κ1) is 17.6. The Hall–Kier alpha value is -0.360. The molecule has 0 spiro atoms. The lowest BCUT2D eigenvalue weighted by atomic mass is 10.3. The van der Waals surface area contributed by atoms with Crippen LogP contribution in [0, 0.1) is 0 Å². The van der Waals surface area contributed by atoms with Gasteiger partial charge in [-0.1, -0.05) is 39.5 Å². The average Bonchev–Trinajstić information content (AvgIpc) is 2.37. The Morgan fingerprint density at radius 3 is 1.50 bits per heavy atom. The maximum absolute atomic E-state index is 11.2. The topological polar surface area (TPSA) is 52.6 Å². The second-order valence-electron chi connectivity index (χ2n) is 3.78. The lowest BCUT2D eigenvalue weighted by molar-refractivity contribution is 0.171. The van der Waals surface area contributed by atoms with Gasteiger partial charge in [0.1, 0.15) is 0 Å². The molecule has 0 radical (unpaired) electrons. The zero-order valence-corrected chi connectivity index (χ0v) is 12.7. The monoisotopic (exact) mass is 294 g/mol. The van der Waals surface area contributed by atoms with Gasteiger partial charge in [0.05, 0.1) is 13.2 Å². The van der Waals surface area contributed by atoms with Crippen LogP contribution in [0.3, 0.4) is 0 Å². The molecule has 0 bridgehead atoms. The first-order valence-corrected chi connectivity index (χ1v) is 8.53. The Labute approximate surface area is 117 Å². The summed E-state index contributed by atoms with van der Waals surface area (Å²) in [7, 11) is 1.57. The quantitative estimate of drug-likeness (QED) is 0.356. The van der Waals surface area contributed by atoms with E-state index in [1.807, 2.05) is 0 Å². The summed E-state index contributed by atoms with van der Waals surface area (Å²) in [4.78, 5) is 22.4. The van der Waals surface area contributed by atoms with Gasteiger partial charge in [-0.05, 0) is 12.8 Å². The number of hydrogen-bond donors (Lipinski definition) is 0. The zero-order valence-electron chi connectivity index (χ0n) is 11.1. The highest BCUT2D eigenvalue weighted by Gasteiger charge is 2.10. The van der Waals surface area contributed by atoms with Crippen LogP contribution in [0.15, 0.2) is 0 Å². The maximum Gasteiger partial charge on any atom is 0.378 e. The summed E-state index contributed by atoms with van der Waals surface area (Å²) < 4.78 is 9.87. The molecule has 4 nitrogen and oxygen atoms in total. The Balaban J connectivity index is 3.39. The lowest BCUT2D eigenvalue weighted by Gasteiger charge is -2.04. The average molecular weight is 294 g/mol. The highest BCUT2D eigenvalue weighted by Crippen LogP contribution is 2.25. The minimum Gasteiger partial charge on any atom is -0.457 e. The summed E-state index contributed by atoms with van der Waals surface area (Å²) in [6.07, 6.45) is 6.01. The molecule has 0 unspecified atom stereocenters. The van der Waals surface area contributed by atoms with Gasteiger partial charge in [0.15, 0.2) is 0 Å². The van der Waals surface area contributed by atoms with E-state index in [0.717, 1.165) is 60.1 Å². The summed E-state index contributed by atoms with van der Waals surface area (Å²) in [6.45, 7) is 5.01. The molecule has 0 fully saturated rings. The van der Waals surface area contributed by atoms with E-state index >= 15 is 0 Å². The Kier molecular flexibility index (Phi) is 12.8. The summed E-state index contributed by atoms with van der Waals surface area (Å²) in [6, 6.07) is 0. The molecule has 0 aromatic heterocycles. The van der Waals surface area contributed by atoms with E-state index in [-0.39, 0.29) is 0 Å². The zero-order chi connectivity index (χ0) is 13.6. The predicted molar refractivity (Wildman–Crippen MR) is 76.9 cm³/mol. The molecule has 0 saturated heterocycles.